The molecule has 2 atom stereocenters. The van der Waals surface area contributed by atoms with Crippen LogP contribution in [0.3, 0.4) is 0 Å². The molecule has 2 aliphatic rings. The smallest absolute Gasteiger partial charge is 0.262 e. The van der Waals surface area contributed by atoms with Crippen molar-refractivity contribution < 1.29 is 19.1 Å². The van der Waals surface area contributed by atoms with Crippen LogP contribution in [0.15, 0.2) is 29.3 Å². The van der Waals surface area contributed by atoms with Gasteiger partial charge in [0, 0.05) is 12.5 Å². The number of amides is 3. The van der Waals surface area contributed by atoms with Crippen LogP contribution in [-0.2, 0) is 14.4 Å². The Hall–Kier alpha value is -2.55. The lowest BCUT2D eigenvalue weighted by atomic mass is 9.94. The maximum absolute atomic E-state index is 13.6. The Morgan fingerprint density at radius 1 is 1.25 bits per heavy atom. The number of methoxy groups -OCH3 is 1. The topological polar surface area (TPSA) is 114 Å². The molecule has 2 unspecified atom stereocenters. The summed E-state index contributed by atoms with van der Waals surface area (Å²) in [5, 5.41) is 2.64. The Balaban J connectivity index is 1.92. The summed E-state index contributed by atoms with van der Waals surface area (Å²) in [6.07, 6.45) is 5.16. The van der Waals surface area contributed by atoms with Crippen LogP contribution >= 0.6 is 11.8 Å². The lowest BCUT2D eigenvalue weighted by Gasteiger charge is -2.36. The van der Waals surface area contributed by atoms with Crippen molar-refractivity contribution in [2.24, 2.45) is 16.6 Å². The second-order valence-electron chi connectivity index (χ2n) is 8.57. The average molecular weight is 461 g/mol. The summed E-state index contributed by atoms with van der Waals surface area (Å²) in [7, 11) is 1.53. The van der Waals surface area contributed by atoms with Gasteiger partial charge in [-0.3, -0.25) is 19.3 Å². The maximum Gasteiger partial charge on any atom is 0.262 e. The second-order valence-corrected chi connectivity index (χ2v) is 9.79. The number of nitrogens with zero attached hydrogens (tertiary/aromatic N) is 2. The van der Waals surface area contributed by atoms with Crippen molar-refractivity contribution in [2.45, 2.75) is 69.7 Å². The SMILES string of the molecule is COc1ccccc1N(C(=O)CC1SC(N)=NC1=O)C(C(=O)NC1CCCCC1)C(C)C. The van der Waals surface area contributed by atoms with E-state index in [1.807, 2.05) is 19.9 Å². The molecule has 0 spiro atoms. The Labute approximate surface area is 193 Å². The number of thioether (sulfide) groups is 1. The number of nitrogens with one attached hydrogen (secondary N) is 1. The number of nitrogens with two attached hydrogens (primary N) is 1. The van der Waals surface area contributed by atoms with Crippen LogP contribution < -0.4 is 20.7 Å². The highest BCUT2D eigenvalue weighted by Crippen LogP contribution is 2.34. The van der Waals surface area contributed by atoms with Gasteiger partial charge in [-0.05, 0) is 30.9 Å². The summed E-state index contributed by atoms with van der Waals surface area (Å²) in [4.78, 5) is 44.4. The van der Waals surface area contributed by atoms with E-state index in [4.69, 9.17) is 10.5 Å². The fourth-order valence-electron chi connectivity index (χ4n) is 4.31. The van der Waals surface area contributed by atoms with Crippen LogP contribution in [-0.4, -0.2) is 47.3 Å². The molecule has 1 heterocycles. The minimum absolute atomic E-state index is 0.105. The molecule has 0 aromatic heterocycles. The number of anilines is 1. The molecular formula is C23H32N4O4S. The Bertz CT molecular complexity index is 883. The first-order chi connectivity index (χ1) is 15.3. The van der Waals surface area contributed by atoms with Gasteiger partial charge >= 0.3 is 0 Å². The number of benzene rings is 1. The largest absolute Gasteiger partial charge is 0.495 e. The number of hydrogen-bond donors (Lipinski definition) is 2. The first-order valence-corrected chi connectivity index (χ1v) is 12.0. The molecule has 9 heteroatoms. The predicted molar refractivity (Wildman–Crippen MR) is 127 cm³/mol. The van der Waals surface area contributed by atoms with Gasteiger partial charge in [0.1, 0.15) is 17.0 Å². The van der Waals surface area contributed by atoms with Crippen molar-refractivity contribution in [1.82, 2.24) is 5.32 Å². The molecule has 3 amide bonds. The minimum Gasteiger partial charge on any atom is -0.495 e. The first kappa shape index (κ1) is 24.1. The van der Waals surface area contributed by atoms with E-state index in [0.29, 0.717) is 11.4 Å². The number of carbonyl (C=O) groups is 3. The Morgan fingerprint density at radius 3 is 2.53 bits per heavy atom. The Kier molecular flexibility index (Phi) is 8.17. The van der Waals surface area contributed by atoms with Crippen LogP contribution in [0.5, 0.6) is 5.75 Å². The number of rotatable bonds is 8. The highest BCUT2D eigenvalue weighted by Gasteiger charge is 2.39. The molecule has 32 heavy (non-hydrogen) atoms. The minimum atomic E-state index is -0.750. The van der Waals surface area contributed by atoms with Crippen LogP contribution in [0.4, 0.5) is 5.69 Å². The van der Waals surface area contributed by atoms with E-state index in [1.165, 1.54) is 18.4 Å². The van der Waals surface area contributed by atoms with Gasteiger partial charge < -0.3 is 15.8 Å². The van der Waals surface area contributed by atoms with Crippen LogP contribution in [0.25, 0.3) is 0 Å². The molecule has 0 saturated heterocycles. The van der Waals surface area contributed by atoms with Gasteiger partial charge in [-0.25, -0.2) is 0 Å². The number of ether oxygens (including phenoxy) is 1. The molecule has 3 rings (SSSR count). The predicted octanol–water partition coefficient (Wildman–Crippen LogP) is 2.85. The van der Waals surface area contributed by atoms with Gasteiger partial charge in [0.25, 0.3) is 5.91 Å². The van der Waals surface area contributed by atoms with Crippen LogP contribution in [0, 0.1) is 5.92 Å². The van der Waals surface area contributed by atoms with Crippen molar-refractivity contribution in [3.05, 3.63) is 24.3 Å². The molecule has 1 aliphatic heterocycles. The molecular weight excluding hydrogens is 428 g/mol. The standard InChI is InChI=1S/C23H32N4O4S/c1-14(2)20(22(30)25-15-9-5-4-6-10-15)27(16-11-7-8-12-17(16)31-3)19(28)13-18-21(29)26-23(24)32-18/h7-8,11-12,14-15,18,20H,4-6,9-10,13H2,1-3H3,(H,25,30)(H2,24,26,29). The van der Waals surface area contributed by atoms with Crippen molar-refractivity contribution in [3.8, 4) is 5.75 Å². The zero-order valence-electron chi connectivity index (χ0n) is 18.9. The van der Waals surface area contributed by atoms with Gasteiger partial charge in [0.2, 0.25) is 11.8 Å². The number of aliphatic imine (C=N–C) groups is 1. The summed E-state index contributed by atoms with van der Waals surface area (Å²) in [5.41, 5.74) is 6.17. The summed E-state index contributed by atoms with van der Waals surface area (Å²) in [6, 6.07) is 6.48. The maximum atomic E-state index is 13.6. The zero-order valence-corrected chi connectivity index (χ0v) is 19.7. The van der Waals surface area contributed by atoms with E-state index >= 15 is 0 Å². The van der Waals surface area contributed by atoms with Gasteiger partial charge in [-0.15, -0.1) is 0 Å². The lowest BCUT2D eigenvalue weighted by Crippen LogP contribution is -2.55. The quantitative estimate of drug-likeness (QED) is 0.617. The number of hydrogen-bond acceptors (Lipinski definition) is 6. The molecule has 174 valence electrons. The number of carbonyl (C=O) groups excluding carboxylic acids is 3. The highest BCUT2D eigenvalue weighted by atomic mass is 32.2. The van der Waals surface area contributed by atoms with Gasteiger partial charge in [-0.1, -0.05) is 57.0 Å². The molecule has 1 fully saturated rings. The molecule has 1 aromatic carbocycles. The Morgan fingerprint density at radius 2 is 1.94 bits per heavy atom. The van der Waals surface area contributed by atoms with E-state index in [0.717, 1.165) is 37.4 Å². The zero-order chi connectivity index (χ0) is 23.3. The molecule has 1 aromatic rings. The van der Waals surface area contributed by atoms with Crippen molar-refractivity contribution >= 4 is 40.3 Å². The van der Waals surface area contributed by atoms with E-state index in [2.05, 4.69) is 10.3 Å². The molecule has 0 radical (unpaired) electrons. The highest BCUT2D eigenvalue weighted by molar-refractivity contribution is 8.15. The van der Waals surface area contributed by atoms with Gasteiger partial charge in [0.15, 0.2) is 5.17 Å². The normalized spacial score (nSPS) is 20.1. The summed E-state index contributed by atoms with van der Waals surface area (Å²) < 4.78 is 5.50. The van der Waals surface area contributed by atoms with E-state index in [9.17, 15) is 14.4 Å². The third kappa shape index (κ3) is 5.62. The van der Waals surface area contributed by atoms with Crippen molar-refractivity contribution in [2.75, 3.05) is 12.0 Å². The lowest BCUT2D eigenvalue weighted by molar-refractivity contribution is -0.128. The molecule has 8 nitrogen and oxygen atoms in total. The third-order valence-electron chi connectivity index (χ3n) is 5.86. The molecule has 1 aliphatic carbocycles. The monoisotopic (exact) mass is 460 g/mol. The summed E-state index contributed by atoms with van der Waals surface area (Å²) >= 11 is 1.08. The second kappa shape index (κ2) is 10.8. The van der Waals surface area contributed by atoms with Crippen LogP contribution in [0.2, 0.25) is 0 Å². The van der Waals surface area contributed by atoms with E-state index < -0.39 is 17.2 Å². The summed E-state index contributed by atoms with van der Waals surface area (Å²) in [6.45, 7) is 3.83. The first-order valence-electron chi connectivity index (χ1n) is 11.1. The van der Waals surface area contributed by atoms with Gasteiger partial charge in [-0.2, -0.15) is 4.99 Å². The molecule has 1 saturated carbocycles. The average Bonchev–Trinajstić information content (AvgIpc) is 3.08. The number of amidine groups is 1. The fraction of sp³-hybridized carbons (Fsp3) is 0.565. The van der Waals surface area contributed by atoms with E-state index in [-0.39, 0.29) is 35.4 Å². The van der Waals surface area contributed by atoms with Crippen molar-refractivity contribution in [1.29, 1.82) is 0 Å². The summed E-state index contributed by atoms with van der Waals surface area (Å²) in [5.74, 6) is -0.637. The van der Waals surface area contributed by atoms with Crippen molar-refractivity contribution in [3.63, 3.8) is 0 Å². The van der Waals surface area contributed by atoms with E-state index in [1.54, 1.807) is 18.2 Å². The number of para-hydroxylation sites is 2. The fourth-order valence-corrected chi connectivity index (χ4v) is 5.12. The molecule has 0 bridgehead atoms. The third-order valence-corrected chi connectivity index (χ3v) is 6.85. The van der Waals surface area contributed by atoms with Crippen LogP contribution in [0.1, 0.15) is 52.4 Å². The molecule has 3 N–H and O–H groups in total. The van der Waals surface area contributed by atoms with Gasteiger partial charge in [0.05, 0.1) is 12.8 Å².